The zero-order chi connectivity index (χ0) is 12.3. The van der Waals surface area contributed by atoms with Crippen molar-refractivity contribution in [2.45, 2.75) is 32.3 Å². The molecule has 3 heteroatoms. The standard InChI is InChI=1S/C14H20ClNO/c1-10-8-12(15)6-7-13(10)17-14-5-3-4-11(14)9-16-2/h6-8,11,14,16H,3-5,9H2,1-2H3. The molecule has 2 atom stereocenters. The quantitative estimate of drug-likeness (QED) is 0.888. The monoisotopic (exact) mass is 253 g/mol. The topological polar surface area (TPSA) is 21.3 Å². The lowest BCUT2D eigenvalue weighted by Crippen LogP contribution is -2.29. The first kappa shape index (κ1) is 12.7. The lowest BCUT2D eigenvalue weighted by Gasteiger charge is -2.22. The molecular weight excluding hydrogens is 234 g/mol. The van der Waals surface area contributed by atoms with Crippen LogP contribution in [0.25, 0.3) is 0 Å². The summed E-state index contributed by atoms with van der Waals surface area (Å²) in [5.74, 6) is 1.61. The van der Waals surface area contributed by atoms with Crippen molar-refractivity contribution in [3.05, 3.63) is 28.8 Å². The lowest BCUT2D eigenvalue weighted by molar-refractivity contribution is 0.157. The Morgan fingerprint density at radius 2 is 2.24 bits per heavy atom. The Morgan fingerprint density at radius 1 is 1.41 bits per heavy atom. The van der Waals surface area contributed by atoms with Crippen LogP contribution in [0, 0.1) is 12.8 Å². The summed E-state index contributed by atoms with van der Waals surface area (Å²) in [6, 6.07) is 5.83. The molecule has 1 N–H and O–H groups in total. The molecule has 0 aromatic heterocycles. The van der Waals surface area contributed by atoms with E-state index in [-0.39, 0.29) is 0 Å². The second-order valence-electron chi connectivity index (χ2n) is 4.81. The summed E-state index contributed by atoms with van der Waals surface area (Å²) in [6.07, 6.45) is 4.04. The van der Waals surface area contributed by atoms with E-state index in [1.807, 2.05) is 32.2 Å². The number of hydrogen-bond acceptors (Lipinski definition) is 2. The zero-order valence-electron chi connectivity index (χ0n) is 10.5. The minimum Gasteiger partial charge on any atom is -0.490 e. The van der Waals surface area contributed by atoms with E-state index < -0.39 is 0 Å². The van der Waals surface area contributed by atoms with Crippen molar-refractivity contribution in [1.29, 1.82) is 0 Å². The Morgan fingerprint density at radius 3 is 2.94 bits per heavy atom. The van der Waals surface area contributed by atoms with Gasteiger partial charge in [0.15, 0.2) is 0 Å². The van der Waals surface area contributed by atoms with E-state index in [1.54, 1.807) is 0 Å². The third-order valence-corrected chi connectivity index (χ3v) is 3.71. The minimum absolute atomic E-state index is 0.349. The summed E-state index contributed by atoms with van der Waals surface area (Å²) < 4.78 is 6.13. The van der Waals surface area contributed by atoms with Gasteiger partial charge in [-0.25, -0.2) is 0 Å². The molecule has 2 unspecified atom stereocenters. The van der Waals surface area contributed by atoms with Crippen LogP contribution in [0.4, 0.5) is 0 Å². The SMILES string of the molecule is CNCC1CCCC1Oc1ccc(Cl)cc1C. The van der Waals surface area contributed by atoms with Crippen molar-refractivity contribution < 1.29 is 4.74 Å². The summed E-state index contributed by atoms with van der Waals surface area (Å²) in [5, 5.41) is 4.02. The highest BCUT2D eigenvalue weighted by Crippen LogP contribution is 2.31. The predicted molar refractivity (Wildman–Crippen MR) is 71.9 cm³/mol. The normalized spacial score (nSPS) is 23.9. The molecule has 0 amide bonds. The van der Waals surface area contributed by atoms with Gasteiger partial charge in [-0.05, 0) is 57.0 Å². The van der Waals surface area contributed by atoms with Crippen molar-refractivity contribution >= 4 is 11.6 Å². The van der Waals surface area contributed by atoms with Crippen LogP contribution in [0.15, 0.2) is 18.2 Å². The van der Waals surface area contributed by atoms with Crippen LogP contribution in [0.1, 0.15) is 24.8 Å². The maximum Gasteiger partial charge on any atom is 0.122 e. The van der Waals surface area contributed by atoms with E-state index in [0.717, 1.165) is 29.3 Å². The van der Waals surface area contributed by atoms with E-state index in [4.69, 9.17) is 16.3 Å². The molecule has 94 valence electrons. The van der Waals surface area contributed by atoms with Gasteiger partial charge in [-0.15, -0.1) is 0 Å². The molecule has 0 radical (unpaired) electrons. The summed E-state index contributed by atoms with van der Waals surface area (Å²) in [4.78, 5) is 0. The number of rotatable bonds is 4. The van der Waals surface area contributed by atoms with Crippen LogP contribution in [-0.4, -0.2) is 19.7 Å². The van der Waals surface area contributed by atoms with Gasteiger partial charge in [0.2, 0.25) is 0 Å². The first-order valence-electron chi connectivity index (χ1n) is 6.28. The lowest BCUT2D eigenvalue weighted by atomic mass is 10.1. The fraction of sp³-hybridized carbons (Fsp3) is 0.571. The molecule has 1 aromatic rings. The minimum atomic E-state index is 0.349. The van der Waals surface area contributed by atoms with Crippen LogP contribution in [0.3, 0.4) is 0 Å². The van der Waals surface area contributed by atoms with Gasteiger partial charge in [-0.1, -0.05) is 11.6 Å². The Labute approximate surface area is 108 Å². The second-order valence-corrected chi connectivity index (χ2v) is 5.25. The van der Waals surface area contributed by atoms with Gasteiger partial charge in [0.1, 0.15) is 11.9 Å². The molecule has 17 heavy (non-hydrogen) atoms. The molecule has 0 saturated heterocycles. The Balaban J connectivity index is 2.04. The van der Waals surface area contributed by atoms with Crippen LogP contribution >= 0.6 is 11.6 Å². The highest BCUT2D eigenvalue weighted by Gasteiger charge is 2.28. The molecule has 1 saturated carbocycles. The average Bonchev–Trinajstić information content (AvgIpc) is 2.71. The third kappa shape index (κ3) is 3.14. The van der Waals surface area contributed by atoms with E-state index in [0.29, 0.717) is 12.0 Å². The van der Waals surface area contributed by atoms with Gasteiger partial charge in [-0.3, -0.25) is 0 Å². The highest BCUT2D eigenvalue weighted by molar-refractivity contribution is 6.30. The maximum absolute atomic E-state index is 6.13. The van der Waals surface area contributed by atoms with Gasteiger partial charge in [0, 0.05) is 17.5 Å². The van der Waals surface area contributed by atoms with Gasteiger partial charge >= 0.3 is 0 Å². The van der Waals surface area contributed by atoms with Crippen molar-refractivity contribution in [3.8, 4) is 5.75 Å². The molecule has 1 aliphatic carbocycles. The first-order chi connectivity index (χ1) is 8.20. The summed E-state index contributed by atoms with van der Waals surface area (Å²) >= 11 is 5.95. The fourth-order valence-corrected chi connectivity index (χ4v) is 2.79. The van der Waals surface area contributed by atoms with Crippen molar-refractivity contribution in [1.82, 2.24) is 5.32 Å². The molecule has 0 aliphatic heterocycles. The van der Waals surface area contributed by atoms with Gasteiger partial charge in [-0.2, -0.15) is 0 Å². The summed E-state index contributed by atoms with van der Waals surface area (Å²) in [6.45, 7) is 3.08. The number of halogens is 1. The molecular formula is C14H20ClNO. The highest BCUT2D eigenvalue weighted by atomic mass is 35.5. The Kier molecular flexibility index (Phi) is 4.30. The molecule has 0 spiro atoms. The van der Waals surface area contributed by atoms with Crippen LogP contribution in [0.2, 0.25) is 5.02 Å². The molecule has 2 rings (SSSR count). The van der Waals surface area contributed by atoms with Gasteiger partial charge < -0.3 is 10.1 Å². The summed E-state index contributed by atoms with van der Waals surface area (Å²) in [7, 11) is 2.00. The van der Waals surface area contributed by atoms with Gasteiger partial charge in [0.05, 0.1) is 0 Å². The maximum atomic E-state index is 6.13. The Bertz CT molecular complexity index is 380. The van der Waals surface area contributed by atoms with E-state index >= 15 is 0 Å². The number of aryl methyl sites for hydroxylation is 1. The van der Waals surface area contributed by atoms with Crippen LogP contribution < -0.4 is 10.1 Å². The number of nitrogens with one attached hydrogen (secondary N) is 1. The van der Waals surface area contributed by atoms with E-state index in [1.165, 1.54) is 12.8 Å². The van der Waals surface area contributed by atoms with E-state index in [2.05, 4.69) is 5.32 Å². The van der Waals surface area contributed by atoms with Crippen LogP contribution in [-0.2, 0) is 0 Å². The molecule has 1 fully saturated rings. The number of benzene rings is 1. The molecule has 2 nitrogen and oxygen atoms in total. The fourth-order valence-electron chi connectivity index (χ4n) is 2.56. The Hall–Kier alpha value is -0.730. The predicted octanol–water partition coefficient (Wildman–Crippen LogP) is 3.42. The largest absolute Gasteiger partial charge is 0.490 e. The van der Waals surface area contributed by atoms with Gasteiger partial charge in [0.25, 0.3) is 0 Å². The van der Waals surface area contributed by atoms with Crippen LogP contribution in [0.5, 0.6) is 5.75 Å². The zero-order valence-corrected chi connectivity index (χ0v) is 11.3. The number of ether oxygens (including phenoxy) is 1. The molecule has 1 aromatic carbocycles. The van der Waals surface area contributed by atoms with Crippen molar-refractivity contribution in [2.24, 2.45) is 5.92 Å². The average molecular weight is 254 g/mol. The van der Waals surface area contributed by atoms with Crippen molar-refractivity contribution in [2.75, 3.05) is 13.6 Å². The molecule has 1 aliphatic rings. The smallest absolute Gasteiger partial charge is 0.122 e. The third-order valence-electron chi connectivity index (χ3n) is 3.47. The second kappa shape index (κ2) is 5.74. The number of hydrogen-bond donors (Lipinski definition) is 1. The van der Waals surface area contributed by atoms with Crippen molar-refractivity contribution in [3.63, 3.8) is 0 Å². The molecule has 0 bridgehead atoms. The molecule has 0 heterocycles. The summed E-state index contributed by atoms with van der Waals surface area (Å²) in [5.41, 5.74) is 1.12. The van der Waals surface area contributed by atoms with E-state index in [9.17, 15) is 0 Å². The first-order valence-corrected chi connectivity index (χ1v) is 6.66.